The molecule has 2 aromatic rings. The Hall–Kier alpha value is -2.53. The monoisotopic (exact) mass is 285 g/mol. The predicted molar refractivity (Wildman–Crippen MR) is 84.2 cm³/mol. The van der Waals surface area contributed by atoms with E-state index in [4.69, 9.17) is 10.5 Å². The molecule has 0 spiro atoms. The summed E-state index contributed by atoms with van der Waals surface area (Å²) in [6.45, 7) is 0.768. The number of carbonyl (C=O) groups is 1. The molecular weight excluding hydrogens is 266 g/mol. The number of nitrogens with two attached hydrogens (primary N) is 1. The fourth-order valence-corrected chi connectivity index (χ4v) is 1.91. The molecule has 5 nitrogen and oxygen atoms in total. The van der Waals surface area contributed by atoms with E-state index in [1.165, 1.54) is 0 Å². The largest absolute Gasteiger partial charge is 0.497 e. The highest BCUT2D eigenvalue weighted by atomic mass is 16.5. The highest BCUT2D eigenvalue weighted by Crippen LogP contribution is 2.16. The second kappa shape index (κ2) is 7.31. The number of anilines is 2. The molecule has 0 atom stereocenters. The SMILES string of the molecule is COc1cccc(NC(=O)CNCc2ccccc2N)c1. The summed E-state index contributed by atoms with van der Waals surface area (Å²) in [6.07, 6.45) is 0. The summed E-state index contributed by atoms with van der Waals surface area (Å²) in [5.41, 5.74) is 8.25. The number of carbonyl (C=O) groups excluding carboxylic acids is 1. The number of nitrogens with one attached hydrogen (secondary N) is 2. The van der Waals surface area contributed by atoms with Crippen molar-refractivity contribution >= 4 is 17.3 Å². The third-order valence-corrected chi connectivity index (χ3v) is 3.01. The maximum Gasteiger partial charge on any atom is 0.238 e. The van der Waals surface area contributed by atoms with Crippen LogP contribution in [0.2, 0.25) is 0 Å². The molecule has 0 aliphatic rings. The van der Waals surface area contributed by atoms with E-state index < -0.39 is 0 Å². The number of para-hydroxylation sites is 1. The van der Waals surface area contributed by atoms with Crippen molar-refractivity contribution in [2.75, 3.05) is 24.7 Å². The molecule has 110 valence electrons. The normalized spacial score (nSPS) is 10.1. The second-order valence-corrected chi connectivity index (χ2v) is 4.58. The number of amides is 1. The minimum absolute atomic E-state index is 0.113. The third kappa shape index (κ3) is 4.50. The molecule has 0 saturated carbocycles. The molecule has 0 radical (unpaired) electrons. The number of benzene rings is 2. The minimum atomic E-state index is -0.113. The number of rotatable bonds is 6. The molecule has 0 aliphatic carbocycles. The Morgan fingerprint density at radius 3 is 2.76 bits per heavy atom. The third-order valence-electron chi connectivity index (χ3n) is 3.01. The van der Waals surface area contributed by atoms with E-state index in [0.717, 1.165) is 11.3 Å². The summed E-state index contributed by atoms with van der Waals surface area (Å²) >= 11 is 0. The van der Waals surface area contributed by atoms with Gasteiger partial charge in [0.25, 0.3) is 0 Å². The molecule has 1 amide bonds. The van der Waals surface area contributed by atoms with Gasteiger partial charge >= 0.3 is 0 Å². The van der Waals surface area contributed by atoms with Crippen LogP contribution in [0.3, 0.4) is 0 Å². The smallest absolute Gasteiger partial charge is 0.238 e. The second-order valence-electron chi connectivity index (χ2n) is 4.58. The van der Waals surface area contributed by atoms with Crippen molar-refractivity contribution in [2.45, 2.75) is 6.54 Å². The summed E-state index contributed by atoms with van der Waals surface area (Å²) in [6, 6.07) is 14.8. The van der Waals surface area contributed by atoms with Crippen LogP contribution in [-0.2, 0) is 11.3 Å². The summed E-state index contributed by atoms with van der Waals surface area (Å²) in [5.74, 6) is 0.593. The van der Waals surface area contributed by atoms with Crippen LogP contribution < -0.4 is 21.1 Å². The van der Waals surface area contributed by atoms with Crippen molar-refractivity contribution < 1.29 is 9.53 Å². The molecule has 2 aromatic carbocycles. The van der Waals surface area contributed by atoms with Gasteiger partial charge in [-0.1, -0.05) is 24.3 Å². The Balaban J connectivity index is 1.81. The number of methoxy groups -OCH3 is 1. The van der Waals surface area contributed by atoms with Crippen LogP contribution in [0.4, 0.5) is 11.4 Å². The van der Waals surface area contributed by atoms with E-state index in [-0.39, 0.29) is 12.5 Å². The average molecular weight is 285 g/mol. The lowest BCUT2D eigenvalue weighted by Crippen LogP contribution is -2.27. The zero-order valence-corrected chi connectivity index (χ0v) is 11.9. The Labute approximate surface area is 124 Å². The Bertz CT molecular complexity index is 614. The molecule has 2 rings (SSSR count). The summed E-state index contributed by atoms with van der Waals surface area (Å²) in [4.78, 5) is 11.8. The maximum atomic E-state index is 11.8. The number of ether oxygens (including phenoxy) is 1. The predicted octanol–water partition coefficient (Wildman–Crippen LogP) is 2.01. The highest BCUT2D eigenvalue weighted by molar-refractivity contribution is 5.92. The van der Waals surface area contributed by atoms with Gasteiger partial charge in [0.15, 0.2) is 0 Å². The van der Waals surface area contributed by atoms with E-state index in [1.807, 2.05) is 42.5 Å². The number of nitrogen functional groups attached to an aromatic ring is 1. The first kappa shape index (κ1) is 14.9. The van der Waals surface area contributed by atoms with Crippen LogP contribution in [0.25, 0.3) is 0 Å². The van der Waals surface area contributed by atoms with E-state index in [0.29, 0.717) is 18.0 Å². The van der Waals surface area contributed by atoms with Crippen molar-refractivity contribution in [1.29, 1.82) is 0 Å². The van der Waals surface area contributed by atoms with Crippen LogP contribution in [0.1, 0.15) is 5.56 Å². The molecule has 0 aliphatic heterocycles. The fraction of sp³-hybridized carbons (Fsp3) is 0.188. The van der Waals surface area contributed by atoms with Crippen LogP contribution >= 0.6 is 0 Å². The molecule has 21 heavy (non-hydrogen) atoms. The van der Waals surface area contributed by atoms with Gasteiger partial charge < -0.3 is 21.1 Å². The zero-order chi connectivity index (χ0) is 15.1. The van der Waals surface area contributed by atoms with E-state index in [1.54, 1.807) is 13.2 Å². The van der Waals surface area contributed by atoms with E-state index >= 15 is 0 Å². The van der Waals surface area contributed by atoms with E-state index in [2.05, 4.69) is 10.6 Å². The molecule has 0 saturated heterocycles. The highest BCUT2D eigenvalue weighted by Gasteiger charge is 2.04. The fourth-order valence-electron chi connectivity index (χ4n) is 1.91. The van der Waals surface area contributed by atoms with Crippen LogP contribution in [0.15, 0.2) is 48.5 Å². The van der Waals surface area contributed by atoms with Gasteiger partial charge in [-0.3, -0.25) is 4.79 Å². The number of hydrogen-bond acceptors (Lipinski definition) is 4. The van der Waals surface area contributed by atoms with Crippen LogP contribution in [-0.4, -0.2) is 19.6 Å². The van der Waals surface area contributed by atoms with Crippen LogP contribution in [0, 0.1) is 0 Å². The lowest BCUT2D eigenvalue weighted by Gasteiger charge is -2.09. The molecule has 0 bridgehead atoms. The first-order chi connectivity index (χ1) is 10.2. The lowest BCUT2D eigenvalue weighted by molar-refractivity contribution is -0.115. The average Bonchev–Trinajstić information content (AvgIpc) is 2.49. The summed E-state index contributed by atoms with van der Waals surface area (Å²) in [5, 5.41) is 5.87. The molecule has 4 N–H and O–H groups in total. The van der Waals surface area contributed by atoms with Crippen molar-refractivity contribution in [1.82, 2.24) is 5.32 Å². The van der Waals surface area contributed by atoms with Gasteiger partial charge in [-0.05, 0) is 23.8 Å². The number of hydrogen-bond donors (Lipinski definition) is 3. The Morgan fingerprint density at radius 1 is 1.19 bits per heavy atom. The van der Waals surface area contributed by atoms with Gasteiger partial charge in [0.1, 0.15) is 5.75 Å². The quantitative estimate of drug-likeness (QED) is 0.710. The van der Waals surface area contributed by atoms with Gasteiger partial charge in [0, 0.05) is 24.0 Å². The molecular formula is C16H19N3O2. The molecule has 0 unspecified atom stereocenters. The maximum absolute atomic E-state index is 11.8. The van der Waals surface area contributed by atoms with Crippen LogP contribution in [0.5, 0.6) is 5.75 Å². The minimum Gasteiger partial charge on any atom is -0.497 e. The molecule has 0 heterocycles. The summed E-state index contributed by atoms with van der Waals surface area (Å²) in [7, 11) is 1.59. The molecule has 0 aromatic heterocycles. The molecule has 0 fully saturated rings. The zero-order valence-electron chi connectivity index (χ0n) is 11.9. The van der Waals surface area contributed by atoms with Gasteiger partial charge in [-0.25, -0.2) is 0 Å². The van der Waals surface area contributed by atoms with Crippen molar-refractivity contribution in [3.05, 3.63) is 54.1 Å². The van der Waals surface area contributed by atoms with E-state index in [9.17, 15) is 4.79 Å². The first-order valence-corrected chi connectivity index (χ1v) is 6.67. The van der Waals surface area contributed by atoms with Gasteiger partial charge in [0.2, 0.25) is 5.91 Å². The molecule has 5 heteroatoms. The topological polar surface area (TPSA) is 76.4 Å². The van der Waals surface area contributed by atoms with Crippen molar-refractivity contribution in [3.8, 4) is 5.75 Å². The van der Waals surface area contributed by atoms with Gasteiger partial charge in [-0.2, -0.15) is 0 Å². The Kier molecular flexibility index (Phi) is 5.17. The standard InChI is InChI=1S/C16H19N3O2/c1-21-14-7-4-6-13(9-14)19-16(20)11-18-10-12-5-2-3-8-15(12)17/h2-9,18H,10-11,17H2,1H3,(H,19,20). The summed E-state index contributed by atoms with van der Waals surface area (Å²) < 4.78 is 5.11. The van der Waals surface area contributed by atoms with Gasteiger partial charge in [0.05, 0.1) is 13.7 Å². The Morgan fingerprint density at radius 2 is 2.00 bits per heavy atom. The van der Waals surface area contributed by atoms with Crippen molar-refractivity contribution in [3.63, 3.8) is 0 Å². The lowest BCUT2D eigenvalue weighted by atomic mass is 10.2. The first-order valence-electron chi connectivity index (χ1n) is 6.67. The van der Waals surface area contributed by atoms with Gasteiger partial charge in [-0.15, -0.1) is 0 Å². The van der Waals surface area contributed by atoms with Crippen molar-refractivity contribution in [2.24, 2.45) is 0 Å².